The van der Waals surface area contributed by atoms with Crippen LogP contribution in [0.4, 0.5) is 0 Å². The maximum absolute atomic E-state index is 4.62. The number of hydrogen-bond acceptors (Lipinski definition) is 2. The lowest BCUT2D eigenvalue weighted by atomic mass is 9.92. The van der Waals surface area contributed by atoms with Crippen molar-refractivity contribution in [2.24, 2.45) is 5.92 Å². The average molecular weight is 268 g/mol. The molecule has 1 atom stereocenters. The average Bonchev–Trinajstić information content (AvgIpc) is 2.99. The van der Waals surface area contributed by atoms with Gasteiger partial charge in [-0.2, -0.15) is 0 Å². The fourth-order valence-electron chi connectivity index (χ4n) is 3.56. The zero-order chi connectivity index (χ0) is 13.8. The van der Waals surface area contributed by atoms with Gasteiger partial charge in [0.2, 0.25) is 0 Å². The van der Waals surface area contributed by atoms with Crippen molar-refractivity contribution in [3.63, 3.8) is 0 Å². The molecule has 0 radical (unpaired) electrons. The van der Waals surface area contributed by atoms with Gasteiger partial charge in [-0.3, -0.25) is 4.98 Å². The summed E-state index contributed by atoms with van der Waals surface area (Å²) in [4.78, 5) is 4.62. The van der Waals surface area contributed by atoms with Gasteiger partial charge < -0.3 is 5.32 Å². The summed E-state index contributed by atoms with van der Waals surface area (Å²) in [5, 5.41) is 4.93. The predicted molar refractivity (Wildman–Crippen MR) is 84.7 cm³/mol. The Morgan fingerprint density at radius 3 is 2.80 bits per heavy atom. The fourth-order valence-corrected chi connectivity index (χ4v) is 3.56. The minimum atomic E-state index is 0.446. The monoisotopic (exact) mass is 268 g/mol. The predicted octanol–water partition coefficient (Wildman–Crippen LogP) is 4.47. The van der Waals surface area contributed by atoms with Crippen molar-refractivity contribution in [2.45, 2.75) is 45.1 Å². The van der Waals surface area contributed by atoms with Crippen molar-refractivity contribution >= 4 is 10.9 Å². The van der Waals surface area contributed by atoms with Crippen LogP contribution < -0.4 is 5.32 Å². The number of fused-ring (bicyclic) bond motifs is 1. The quantitative estimate of drug-likeness (QED) is 0.865. The minimum absolute atomic E-state index is 0.446. The van der Waals surface area contributed by atoms with Crippen molar-refractivity contribution in [3.8, 4) is 0 Å². The van der Waals surface area contributed by atoms with Crippen LogP contribution in [0.2, 0.25) is 0 Å². The molecule has 0 bridgehead atoms. The molecule has 2 nitrogen and oxygen atoms in total. The van der Waals surface area contributed by atoms with Crippen molar-refractivity contribution < 1.29 is 0 Å². The molecule has 1 unspecified atom stereocenters. The van der Waals surface area contributed by atoms with E-state index in [9.17, 15) is 0 Å². The van der Waals surface area contributed by atoms with Gasteiger partial charge in [-0.1, -0.05) is 56.9 Å². The molecule has 0 amide bonds. The number of hydrogen-bond donors (Lipinski definition) is 1. The molecule has 1 N–H and O–H groups in total. The Kier molecular flexibility index (Phi) is 4.31. The Balaban J connectivity index is 1.91. The standard InChI is InChI=1S/C18H24N2/c1-2-19-17(13-14-7-3-4-8-14)16-11-5-9-15-10-6-12-20-18(15)16/h5-6,9-12,14,17,19H,2-4,7-8,13H2,1H3. The molecule has 20 heavy (non-hydrogen) atoms. The molecule has 106 valence electrons. The summed E-state index contributed by atoms with van der Waals surface area (Å²) in [6, 6.07) is 11.2. The lowest BCUT2D eigenvalue weighted by Crippen LogP contribution is -2.23. The normalized spacial score (nSPS) is 17.6. The number of nitrogens with one attached hydrogen (secondary N) is 1. The van der Waals surface area contributed by atoms with Crippen LogP contribution in [0.5, 0.6) is 0 Å². The summed E-state index contributed by atoms with van der Waals surface area (Å²) in [5.41, 5.74) is 2.54. The molecule has 3 rings (SSSR count). The second-order valence-electron chi connectivity index (χ2n) is 5.92. The first-order chi connectivity index (χ1) is 9.88. The van der Waals surface area contributed by atoms with Gasteiger partial charge in [0.1, 0.15) is 0 Å². The summed E-state index contributed by atoms with van der Waals surface area (Å²) in [7, 11) is 0. The van der Waals surface area contributed by atoms with Crippen LogP contribution >= 0.6 is 0 Å². The summed E-state index contributed by atoms with van der Waals surface area (Å²) in [6.07, 6.45) is 8.79. The molecule has 2 aromatic rings. The number of aromatic nitrogens is 1. The molecule has 0 aliphatic heterocycles. The number of pyridine rings is 1. The Morgan fingerprint density at radius 2 is 2.00 bits per heavy atom. The van der Waals surface area contributed by atoms with E-state index in [1.165, 1.54) is 48.6 Å². The zero-order valence-electron chi connectivity index (χ0n) is 12.3. The summed E-state index contributed by atoms with van der Waals surface area (Å²) >= 11 is 0. The first kappa shape index (κ1) is 13.6. The number of nitrogens with zero attached hydrogens (tertiary/aromatic N) is 1. The molecular weight excluding hydrogens is 244 g/mol. The third kappa shape index (κ3) is 2.85. The molecule has 0 spiro atoms. The number of rotatable bonds is 5. The Labute approximate surface area is 121 Å². The van der Waals surface area contributed by atoms with Gasteiger partial charge in [0.25, 0.3) is 0 Å². The smallest absolute Gasteiger partial charge is 0.0749 e. The molecule has 1 aromatic carbocycles. The minimum Gasteiger partial charge on any atom is -0.310 e. The number of para-hydroxylation sites is 1. The van der Waals surface area contributed by atoms with Crippen molar-refractivity contribution in [1.82, 2.24) is 10.3 Å². The van der Waals surface area contributed by atoms with Gasteiger partial charge in [-0.05, 0) is 30.5 Å². The van der Waals surface area contributed by atoms with E-state index in [0.717, 1.165) is 12.5 Å². The Morgan fingerprint density at radius 1 is 1.20 bits per heavy atom. The van der Waals surface area contributed by atoms with Gasteiger partial charge in [-0.15, -0.1) is 0 Å². The second kappa shape index (κ2) is 6.36. The van der Waals surface area contributed by atoms with Crippen LogP contribution in [0.15, 0.2) is 36.5 Å². The second-order valence-corrected chi connectivity index (χ2v) is 5.92. The van der Waals surface area contributed by atoms with Gasteiger partial charge in [0.05, 0.1) is 5.52 Å². The maximum Gasteiger partial charge on any atom is 0.0749 e. The van der Waals surface area contributed by atoms with E-state index in [1.54, 1.807) is 0 Å². The van der Waals surface area contributed by atoms with E-state index in [2.05, 4.69) is 41.5 Å². The molecule has 1 heterocycles. The van der Waals surface area contributed by atoms with E-state index in [1.807, 2.05) is 12.3 Å². The highest BCUT2D eigenvalue weighted by Gasteiger charge is 2.22. The molecule has 0 saturated heterocycles. The zero-order valence-corrected chi connectivity index (χ0v) is 12.3. The lowest BCUT2D eigenvalue weighted by Gasteiger charge is -2.23. The molecule has 1 aromatic heterocycles. The van der Waals surface area contributed by atoms with Crippen molar-refractivity contribution in [1.29, 1.82) is 0 Å². The van der Waals surface area contributed by atoms with Gasteiger partial charge >= 0.3 is 0 Å². The highest BCUT2D eigenvalue weighted by Crippen LogP contribution is 2.34. The Hall–Kier alpha value is -1.41. The van der Waals surface area contributed by atoms with Crippen LogP contribution in [0.25, 0.3) is 10.9 Å². The number of benzene rings is 1. The van der Waals surface area contributed by atoms with Gasteiger partial charge in [0.15, 0.2) is 0 Å². The largest absolute Gasteiger partial charge is 0.310 e. The maximum atomic E-state index is 4.62. The summed E-state index contributed by atoms with van der Waals surface area (Å²) in [6.45, 7) is 3.21. The first-order valence-electron chi connectivity index (χ1n) is 7.95. The van der Waals surface area contributed by atoms with Crippen LogP contribution in [0, 0.1) is 5.92 Å². The summed E-state index contributed by atoms with van der Waals surface area (Å²) < 4.78 is 0. The van der Waals surface area contributed by atoms with E-state index in [-0.39, 0.29) is 0 Å². The molecule has 2 heteroatoms. The van der Waals surface area contributed by atoms with Crippen molar-refractivity contribution in [2.75, 3.05) is 6.54 Å². The van der Waals surface area contributed by atoms with Gasteiger partial charge in [-0.25, -0.2) is 0 Å². The topological polar surface area (TPSA) is 24.9 Å². The highest BCUT2D eigenvalue weighted by molar-refractivity contribution is 5.82. The lowest BCUT2D eigenvalue weighted by molar-refractivity contribution is 0.402. The third-order valence-electron chi connectivity index (χ3n) is 4.53. The van der Waals surface area contributed by atoms with E-state index >= 15 is 0 Å². The van der Waals surface area contributed by atoms with Gasteiger partial charge in [0, 0.05) is 17.6 Å². The van der Waals surface area contributed by atoms with Crippen LogP contribution in [0.1, 0.15) is 50.6 Å². The van der Waals surface area contributed by atoms with E-state index in [0.29, 0.717) is 6.04 Å². The Bertz CT molecular complexity index is 553. The first-order valence-corrected chi connectivity index (χ1v) is 7.95. The van der Waals surface area contributed by atoms with E-state index < -0.39 is 0 Å². The third-order valence-corrected chi connectivity index (χ3v) is 4.53. The molecule has 1 aliphatic rings. The fraction of sp³-hybridized carbons (Fsp3) is 0.500. The molecular formula is C18H24N2. The molecule has 1 saturated carbocycles. The van der Waals surface area contributed by atoms with Crippen LogP contribution in [-0.2, 0) is 0 Å². The SMILES string of the molecule is CCNC(CC1CCCC1)c1cccc2cccnc12. The molecule has 1 fully saturated rings. The highest BCUT2D eigenvalue weighted by atomic mass is 14.9. The van der Waals surface area contributed by atoms with Crippen LogP contribution in [0.3, 0.4) is 0 Å². The van der Waals surface area contributed by atoms with E-state index in [4.69, 9.17) is 0 Å². The van der Waals surface area contributed by atoms with Crippen molar-refractivity contribution in [3.05, 3.63) is 42.1 Å². The van der Waals surface area contributed by atoms with Crippen LogP contribution in [-0.4, -0.2) is 11.5 Å². The summed E-state index contributed by atoms with van der Waals surface area (Å²) in [5.74, 6) is 0.887. The molecule has 1 aliphatic carbocycles.